The molecule has 3 aromatic rings. The molecule has 0 saturated heterocycles. The van der Waals surface area contributed by atoms with Crippen LogP contribution in [0.25, 0.3) is 0 Å². The number of hydrogen-bond donors (Lipinski definition) is 2. The first-order valence-corrected chi connectivity index (χ1v) is 9.93. The Hall–Kier alpha value is -3.41. The number of hydrazine groups is 1. The Balaban J connectivity index is 1.67. The van der Waals surface area contributed by atoms with Crippen molar-refractivity contribution < 1.29 is 9.53 Å². The largest absolute Gasteiger partial charge is 0.464 e. The van der Waals surface area contributed by atoms with Crippen molar-refractivity contribution >= 4 is 39.2 Å². The Bertz CT molecular complexity index is 1050. The molecule has 0 fully saturated rings. The maximum atomic E-state index is 12.5. The number of terminal acetylenes is 1. The van der Waals surface area contributed by atoms with Gasteiger partial charge in [0.1, 0.15) is 0 Å². The quantitative estimate of drug-likeness (QED) is 0.227. The van der Waals surface area contributed by atoms with Gasteiger partial charge in [0.2, 0.25) is 17.7 Å². The molecule has 1 aromatic heterocycles. The second-order valence-corrected chi connectivity index (χ2v) is 7.12. The van der Waals surface area contributed by atoms with Crippen LogP contribution < -0.4 is 20.9 Å². The molecule has 0 aliphatic heterocycles. The molecule has 0 aliphatic carbocycles. The summed E-state index contributed by atoms with van der Waals surface area (Å²) in [5, 5.41) is 4.22. The van der Waals surface area contributed by atoms with Gasteiger partial charge in [-0.05, 0) is 46.1 Å². The lowest BCUT2D eigenvalue weighted by Gasteiger charge is -2.18. The van der Waals surface area contributed by atoms with E-state index in [2.05, 4.69) is 37.1 Å². The Kier molecular flexibility index (Phi) is 7.38. The van der Waals surface area contributed by atoms with Crippen LogP contribution >= 0.6 is 15.9 Å². The second-order valence-electron chi connectivity index (χ2n) is 6.26. The highest BCUT2D eigenvalue weighted by molar-refractivity contribution is 9.10. The van der Waals surface area contributed by atoms with Crippen LogP contribution in [0.3, 0.4) is 0 Å². The monoisotopic (exact) mass is 465 g/mol. The van der Waals surface area contributed by atoms with Crippen LogP contribution in [-0.2, 0) is 11.2 Å². The van der Waals surface area contributed by atoms with Crippen molar-refractivity contribution in [2.75, 3.05) is 16.9 Å². The molecule has 0 aliphatic rings. The van der Waals surface area contributed by atoms with Gasteiger partial charge in [-0.1, -0.05) is 42.3 Å². The Morgan fingerprint density at radius 2 is 2.03 bits per heavy atom. The summed E-state index contributed by atoms with van der Waals surface area (Å²) in [7, 11) is 0. The summed E-state index contributed by atoms with van der Waals surface area (Å²) in [5.74, 6) is 8.90. The lowest BCUT2D eigenvalue weighted by atomic mass is 10.1. The summed E-state index contributed by atoms with van der Waals surface area (Å²) in [4.78, 5) is 21.0. The highest BCUT2D eigenvalue weighted by Gasteiger charge is 2.13. The number of hydrogen-bond acceptors (Lipinski definition) is 6. The number of rotatable bonds is 8. The molecule has 1 heterocycles. The van der Waals surface area contributed by atoms with Crippen LogP contribution in [0.5, 0.6) is 5.88 Å². The first-order valence-electron chi connectivity index (χ1n) is 9.14. The number of nitrogens with one attached hydrogen (secondary N) is 1. The summed E-state index contributed by atoms with van der Waals surface area (Å²) >= 11 is 3.32. The number of amides is 1. The molecule has 0 bridgehead atoms. The van der Waals surface area contributed by atoms with Gasteiger partial charge in [0.25, 0.3) is 0 Å². The third-order valence-electron chi connectivity index (χ3n) is 4.12. The van der Waals surface area contributed by atoms with Gasteiger partial charge in [0.05, 0.1) is 16.4 Å². The Morgan fingerprint density at radius 1 is 1.23 bits per heavy atom. The summed E-state index contributed by atoms with van der Waals surface area (Å²) in [6.45, 7) is 0.0950. The highest BCUT2D eigenvalue weighted by atomic mass is 79.9. The minimum atomic E-state index is -0.180. The van der Waals surface area contributed by atoms with Gasteiger partial charge >= 0.3 is 0 Å². The highest BCUT2D eigenvalue weighted by Crippen LogP contribution is 2.25. The molecule has 0 spiro atoms. The van der Waals surface area contributed by atoms with Gasteiger partial charge in [-0.15, -0.1) is 6.42 Å². The van der Waals surface area contributed by atoms with Crippen LogP contribution in [0.15, 0.2) is 65.3 Å². The van der Waals surface area contributed by atoms with Crippen molar-refractivity contribution in [2.24, 2.45) is 5.84 Å². The van der Waals surface area contributed by atoms with E-state index in [4.69, 9.17) is 17.0 Å². The minimum Gasteiger partial charge on any atom is -0.464 e. The lowest BCUT2D eigenvalue weighted by Crippen LogP contribution is -2.37. The van der Waals surface area contributed by atoms with Crippen molar-refractivity contribution in [3.05, 3.63) is 70.8 Å². The molecule has 0 radical (unpaired) electrons. The number of nitrogens with zero attached hydrogens (tertiary/aromatic N) is 3. The number of aromatic nitrogens is 2. The van der Waals surface area contributed by atoms with Gasteiger partial charge in [-0.3, -0.25) is 4.79 Å². The molecule has 1 amide bonds. The predicted molar refractivity (Wildman–Crippen MR) is 120 cm³/mol. The third-order valence-corrected chi connectivity index (χ3v) is 4.67. The fourth-order valence-electron chi connectivity index (χ4n) is 2.65. The predicted octanol–water partition coefficient (Wildman–Crippen LogP) is 3.83. The average molecular weight is 466 g/mol. The zero-order valence-electron chi connectivity index (χ0n) is 16.1. The molecular weight excluding hydrogens is 446 g/mol. The number of ether oxygens (including phenoxy) is 1. The van der Waals surface area contributed by atoms with Gasteiger partial charge < -0.3 is 10.1 Å². The maximum Gasteiger partial charge on any atom is 0.241 e. The number of halogens is 1. The number of carbonyl (C=O) groups is 1. The standard InChI is InChI=1S/C22H20BrN5O2/c1-2-13-30-21-19(23)15-25-22(27-21)26-17-9-6-10-18(14-17)28(24)20(29)12-11-16-7-4-3-5-8-16/h1,3-10,14-15H,11-13,24H2,(H,25,26,27). The first kappa shape index (κ1) is 21.3. The smallest absolute Gasteiger partial charge is 0.241 e. The zero-order valence-corrected chi connectivity index (χ0v) is 17.7. The van der Waals surface area contributed by atoms with Crippen molar-refractivity contribution in [3.8, 4) is 18.2 Å². The molecule has 0 atom stereocenters. The van der Waals surface area contributed by atoms with Crippen molar-refractivity contribution in [1.29, 1.82) is 0 Å². The fraction of sp³-hybridized carbons (Fsp3) is 0.136. The van der Waals surface area contributed by atoms with Crippen LogP contribution in [-0.4, -0.2) is 22.5 Å². The molecule has 30 heavy (non-hydrogen) atoms. The molecule has 3 rings (SSSR count). The van der Waals surface area contributed by atoms with E-state index in [0.29, 0.717) is 40.5 Å². The summed E-state index contributed by atoms with van der Waals surface area (Å²) < 4.78 is 5.97. The number of aryl methyl sites for hydroxylation is 1. The lowest BCUT2D eigenvalue weighted by molar-refractivity contribution is -0.118. The normalized spacial score (nSPS) is 10.2. The Morgan fingerprint density at radius 3 is 2.80 bits per heavy atom. The number of anilines is 3. The molecule has 152 valence electrons. The van der Waals surface area contributed by atoms with Crippen LogP contribution in [0.2, 0.25) is 0 Å². The van der Waals surface area contributed by atoms with Gasteiger partial charge in [0, 0.05) is 12.1 Å². The number of benzene rings is 2. The van der Waals surface area contributed by atoms with E-state index in [1.165, 1.54) is 0 Å². The molecule has 0 saturated carbocycles. The molecule has 2 aromatic carbocycles. The van der Waals surface area contributed by atoms with E-state index in [9.17, 15) is 4.79 Å². The Labute approximate surface area is 183 Å². The SMILES string of the molecule is C#CCOc1nc(Nc2cccc(N(N)C(=O)CCc3ccccc3)c2)ncc1Br. The van der Waals surface area contributed by atoms with E-state index in [1.807, 2.05) is 36.4 Å². The van der Waals surface area contributed by atoms with Crippen molar-refractivity contribution in [3.63, 3.8) is 0 Å². The van der Waals surface area contributed by atoms with Crippen LogP contribution in [0, 0.1) is 12.3 Å². The van der Waals surface area contributed by atoms with E-state index in [1.54, 1.807) is 24.4 Å². The summed E-state index contributed by atoms with van der Waals surface area (Å²) in [6, 6.07) is 16.9. The summed E-state index contributed by atoms with van der Waals surface area (Å²) in [5.41, 5.74) is 2.31. The van der Waals surface area contributed by atoms with Crippen molar-refractivity contribution in [1.82, 2.24) is 9.97 Å². The second kappa shape index (κ2) is 10.4. The molecule has 7 nitrogen and oxygen atoms in total. The fourth-order valence-corrected chi connectivity index (χ4v) is 2.95. The molecule has 8 heteroatoms. The molecular formula is C22H20BrN5O2. The maximum absolute atomic E-state index is 12.5. The van der Waals surface area contributed by atoms with Crippen LogP contribution in [0.1, 0.15) is 12.0 Å². The van der Waals surface area contributed by atoms with Gasteiger partial charge in [-0.25, -0.2) is 15.8 Å². The van der Waals surface area contributed by atoms with Gasteiger partial charge in [0.15, 0.2) is 6.61 Å². The third kappa shape index (κ3) is 5.80. The van der Waals surface area contributed by atoms with Gasteiger partial charge in [-0.2, -0.15) is 4.98 Å². The summed E-state index contributed by atoms with van der Waals surface area (Å²) in [6.07, 6.45) is 7.71. The first-order chi connectivity index (χ1) is 14.6. The van der Waals surface area contributed by atoms with Crippen LogP contribution in [0.4, 0.5) is 17.3 Å². The van der Waals surface area contributed by atoms with E-state index < -0.39 is 0 Å². The van der Waals surface area contributed by atoms with E-state index in [-0.39, 0.29) is 12.5 Å². The topological polar surface area (TPSA) is 93.4 Å². The zero-order chi connectivity index (χ0) is 21.3. The minimum absolute atomic E-state index is 0.0950. The van der Waals surface area contributed by atoms with E-state index >= 15 is 0 Å². The number of carbonyl (C=O) groups excluding carboxylic acids is 1. The van der Waals surface area contributed by atoms with Crippen molar-refractivity contribution in [2.45, 2.75) is 12.8 Å². The van der Waals surface area contributed by atoms with E-state index in [0.717, 1.165) is 10.6 Å². The molecule has 3 N–H and O–H groups in total. The number of nitrogens with two attached hydrogens (primary N) is 1. The molecule has 0 unspecified atom stereocenters. The average Bonchev–Trinajstić information content (AvgIpc) is 2.78.